The normalized spacial score (nSPS) is 15.0. The summed E-state index contributed by atoms with van der Waals surface area (Å²) in [6.07, 6.45) is 0.533. The van der Waals surface area contributed by atoms with E-state index in [1.165, 1.54) is 5.56 Å². The molecule has 0 spiro atoms. The first kappa shape index (κ1) is 15.8. The highest BCUT2D eigenvalue weighted by molar-refractivity contribution is 5.76. The van der Waals surface area contributed by atoms with E-state index in [1.807, 2.05) is 30.0 Å². The first-order valence-electron chi connectivity index (χ1n) is 7.57. The van der Waals surface area contributed by atoms with Crippen LogP contribution in [0.2, 0.25) is 0 Å². The van der Waals surface area contributed by atoms with E-state index in [0.29, 0.717) is 32.8 Å². The number of carbonyl (C=O) groups is 1. The van der Waals surface area contributed by atoms with Crippen molar-refractivity contribution < 1.29 is 14.3 Å². The molecule has 1 aliphatic heterocycles. The van der Waals surface area contributed by atoms with Gasteiger partial charge in [0.1, 0.15) is 5.75 Å². The Balaban J connectivity index is 1.67. The Hall–Kier alpha value is -1.59. The summed E-state index contributed by atoms with van der Waals surface area (Å²) in [5, 5.41) is 3.31. The lowest BCUT2D eigenvalue weighted by atomic mass is 10.2. The number of amides is 1. The van der Waals surface area contributed by atoms with Crippen LogP contribution in [0.1, 0.15) is 18.9 Å². The van der Waals surface area contributed by atoms with Gasteiger partial charge in [-0.3, -0.25) is 4.79 Å². The first-order valence-corrected chi connectivity index (χ1v) is 7.57. The molecule has 1 fully saturated rings. The first-order chi connectivity index (χ1) is 10.3. The van der Waals surface area contributed by atoms with Crippen LogP contribution in [0.5, 0.6) is 5.75 Å². The molecule has 1 amide bonds. The minimum atomic E-state index is 0.203. The molecule has 0 aromatic heterocycles. The largest absolute Gasteiger partial charge is 0.494 e. The number of benzene rings is 1. The molecule has 21 heavy (non-hydrogen) atoms. The van der Waals surface area contributed by atoms with E-state index in [4.69, 9.17) is 9.47 Å². The van der Waals surface area contributed by atoms with E-state index in [9.17, 15) is 4.79 Å². The third kappa shape index (κ3) is 5.36. The van der Waals surface area contributed by atoms with Crippen molar-refractivity contribution >= 4 is 5.91 Å². The second kappa shape index (κ2) is 8.64. The number of nitrogens with zero attached hydrogens (tertiary/aromatic N) is 1. The Kier molecular flexibility index (Phi) is 6.50. The average Bonchev–Trinajstić information content (AvgIpc) is 2.53. The maximum Gasteiger partial charge on any atom is 0.224 e. The summed E-state index contributed by atoms with van der Waals surface area (Å²) in [6.45, 7) is 6.83. The zero-order chi connectivity index (χ0) is 14.9. The van der Waals surface area contributed by atoms with Crippen LogP contribution in [0.4, 0.5) is 0 Å². The van der Waals surface area contributed by atoms with Gasteiger partial charge in [0, 0.05) is 32.6 Å². The van der Waals surface area contributed by atoms with Gasteiger partial charge >= 0.3 is 0 Å². The standard InChI is InChI=1S/C16H24N2O3/c1-2-21-15-5-3-4-14(12-15)13-17-7-6-16(19)18-8-10-20-11-9-18/h3-5,12,17H,2,6-11,13H2,1H3. The third-order valence-corrected chi connectivity index (χ3v) is 3.42. The average molecular weight is 292 g/mol. The highest BCUT2D eigenvalue weighted by Gasteiger charge is 2.15. The molecule has 0 atom stereocenters. The van der Waals surface area contributed by atoms with E-state index < -0.39 is 0 Å². The quantitative estimate of drug-likeness (QED) is 0.772. The van der Waals surface area contributed by atoms with Gasteiger partial charge in [-0.2, -0.15) is 0 Å². The summed E-state index contributed by atoms with van der Waals surface area (Å²) in [6, 6.07) is 8.02. The number of carbonyl (C=O) groups excluding carboxylic acids is 1. The van der Waals surface area contributed by atoms with E-state index >= 15 is 0 Å². The summed E-state index contributed by atoms with van der Waals surface area (Å²) in [5.74, 6) is 1.09. The van der Waals surface area contributed by atoms with Crippen LogP contribution < -0.4 is 10.1 Å². The number of hydrogen-bond donors (Lipinski definition) is 1. The predicted molar refractivity (Wildman–Crippen MR) is 81.3 cm³/mol. The van der Waals surface area contributed by atoms with Crippen molar-refractivity contribution in [2.45, 2.75) is 19.9 Å². The lowest BCUT2D eigenvalue weighted by Crippen LogP contribution is -2.41. The number of rotatable bonds is 7. The summed E-state index contributed by atoms with van der Waals surface area (Å²) in [7, 11) is 0. The fraction of sp³-hybridized carbons (Fsp3) is 0.562. The molecule has 116 valence electrons. The molecule has 0 unspecified atom stereocenters. The zero-order valence-electron chi connectivity index (χ0n) is 12.6. The van der Waals surface area contributed by atoms with Crippen molar-refractivity contribution in [2.75, 3.05) is 39.5 Å². The van der Waals surface area contributed by atoms with Gasteiger partial charge in [0.2, 0.25) is 5.91 Å². The van der Waals surface area contributed by atoms with Crippen LogP contribution >= 0.6 is 0 Å². The molecule has 0 radical (unpaired) electrons. The number of ether oxygens (including phenoxy) is 2. The number of hydrogen-bond acceptors (Lipinski definition) is 4. The van der Waals surface area contributed by atoms with Crippen molar-refractivity contribution in [3.8, 4) is 5.75 Å². The molecule has 1 aromatic rings. The molecule has 1 heterocycles. The molecular weight excluding hydrogens is 268 g/mol. The topological polar surface area (TPSA) is 50.8 Å². The molecule has 5 heteroatoms. The smallest absolute Gasteiger partial charge is 0.224 e. The Labute approximate surface area is 126 Å². The monoisotopic (exact) mass is 292 g/mol. The summed E-state index contributed by atoms with van der Waals surface area (Å²) in [4.78, 5) is 13.8. The number of morpholine rings is 1. The maximum atomic E-state index is 12.0. The Morgan fingerprint density at radius 3 is 2.95 bits per heavy atom. The molecule has 0 saturated carbocycles. The SMILES string of the molecule is CCOc1cccc(CNCCC(=O)N2CCOCC2)c1. The highest BCUT2D eigenvalue weighted by Crippen LogP contribution is 2.12. The second-order valence-electron chi connectivity index (χ2n) is 5.00. The van der Waals surface area contributed by atoms with Gasteiger partial charge in [-0.15, -0.1) is 0 Å². The zero-order valence-corrected chi connectivity index (χ0v) is 12.6. The van der Waals surface area contributed by atoms with Gasteiger partial charge in [-0.05, 0) is 24.6 Å². The third-order valence-electron chi connectivity index (χ3n) is 3.42. The molecule has 1 aliphatic rings. The van der Waals surface area contributed by atoms with Gasteiger partial charge in [-0.25, -0.2) is 0 Å². The maximum absolute atomic E-state index is 12.0. The fourth-order valence-corrected chi connectivity index (χ4v) is 2.31. The van der Waals surface area contributed by atoms with Crippen molar-refractivity contribution in [1.82, 2.24) is 10.2 Å². The Bertz CT molecular complexity index is 445. The Morgan fingerprint density at radius 1 is 1.38 bits per heavy atom. The van der Waals surface area contributed by atoms with Crippen LogP contribution in [0.25, 0.3) is 0 Å². The van der Waals surface area contributed by atoms with Crippen molar-refractivity contribution in [2.24, 2.45) is 0 Å². The lowest BCUT2D eigenvalue weighted by molar-refractivity contribution is -0.135. The molecule has 1 aromatic carbocycles. The van der Waals surface area contributed by atoms with Crippen molar-refractivity contribution in [3.05, 3.63) is 29.8 Å². The molecule has 0 bridgehead atoms. The van der Waals surface area contributed by atoms with E-state index in [2.05, 4.69) is 11.4 Å². The molecule has 2 rings (SSSR count). The van der Waals surface area contributed by atoms with Gasteiger partial charge in [0.15, 0.2) is 0 Å². The van der Waals surface area contributed by atoms with Gasteiger partial charge in [0.05, 0.1) is 19.8 Å². The fourth-order valence-electron chi connectivity index (χ4n) is 2.31. The van der Waals surface area contributed by atoms with E-state index in [-0.39, 0.29) is 5.91 Å². The second-order valence-corrected chi connectivity index (χ2v) is 5.00. The van der Waals surface area contributed by atoms with Gasteiger partial charge < -0.3 is 19.7 Å². The summed E-state index contributed by atoms with van der Waals surface area (Å²) >= 11 is 0. The van der Waals surface area contributed by atoms with Crippen LogP contribution in [-0.4, -0.2) is 50.3 Å². The lowest BCUT2D eigenvalue weighted by Gasteiger charge is -2.26. The molecule has 1 N–H and O–H groups in total. The molecule has 5 nitrogen and oxygen atoms in total. The minimum absolute atomic E-state index is 0.203. The molecule has 0 aliphatic carbocycles. The van der Waals surface area contributed by atoms with E-state index in [1.54, 1.807) is 0 Å². The van der Waals surface area contributed by atoms with Crippen molar-refractivity contribution in [1.29, 1.82) is 0 Å². The van der Waals surface area contributed by atoms with E-state index in [0.717, 1.165) is 25.4 Å². The highest BCUT2D eigenvalue weighted by atomic mass is 16.5. The van der Waals surface area contributed by atoms with Crippen LogP contribution in [-0.2, 0) is 16.1 Å². The minimum Gasteiger partial charge on any atom is -0.494 e. The van der Waals surface area contributed by atoms with Gasteiger partial charge in [-0.1, -0.05) is 12.1 Å². The van der Waals surface area contributed by atoms with Crippen molar-refractivity contribution in [3.63, 3.8) is 0 Å². The van der Waals surface area contributed by atoms with Gasteiger partial charge in [0.25, 0.3) is 0 Å². The van der Waals surface area contributed by atoms with Crippen LogP contribution in [0.3, 0.4) is 0 Å². The molecular formula is C16H24N2O3. The summed E-state index contributed by atoms with van der Waals surface area (Å²) in [5.41, 5.74) is 1.17. The number of nitrogens with one attached hydrogen (secondary N) is 1. The van der Waals surface area contributed by atoms with Crippen LogP contribution in [0, 0.1) is 0 Å². The molecule has 1 saturated heterocycles. The van der Waals surface area contributed by atoms with Crippen LogP contribution in [0.15, 0.2) is 24.3 Å². The predicted octanol–water partition coefficient (Wildman–Crippen LogP) is 1.42. The summed E-state index contributed by atoms with van der Waals surface area (Å²) < 4.78 is 10.7. The Morgan fingerprint density at radius 2 is 2.19 bits per heavy atom.